The summed E-state index contributed by atoms with van der Waals surface area (Å²) in [6, 6.07) is 4.59. The Morgan fingerprint density at radius 2 is 2.06 bits per heavy atom. The minimum atomic E-state index is -0.484. The molecule has 2 N–H and O–H groups in total. The number of ketones is 1. The van der Waals surface area contributed by atoms with Crippen LogP contribution in [0.25, 0.3) is 0 Å². The molecule has 0 fully saturated rings. The highest BCUT2D eigenvalue weighted by Crippen LogP contribution is 2.25. The molecule has 0 aromatic heterocycles. The zero-order chi connectivity index (χ0) is 12.1. The second kappa shape index (κ2) is 5.51. The molecule has 0 aliphatic rings. The van der Waals surface area contributed by atoms with Gasteiger partial charge in [-0.05, 0) is 18.6 Å². The van der Waals surface area contributed by atoms with Crippen LogP contribution in [-0.2, 0) is 0 Å². The van der Waals surface area contributed by atoms with E-state index in [4.69, 9.17) is 15.2 Å². The van der Waals surface area contributed by atoms with Gasteiger partial charge in [0.2, 0.25) is 0 Å². The molecule has 0 aliphatic carbocycles. The van der Waals surface area contributed by atoms with Crippen molar-refractivity contribution in [2.45, 2.75) is 19.4 Å². The van der Waals surface area contributed by atoms with Crippen molar-refractivity contribution in [2.75, 3.05) is 14.2 Å². The number of carbonyl (C=O) groups is 1. The highest BCUT2D eigenvalue weighted by molar-refractivity contribution is 6.02. The number of carbonyl (C=O) groups excluding carboxylic acids is 1. The summed E-state index contributed by atoms with van der Waals surface area (Å²) in [7, 11) is 3.08. The third-order valence-electron chi connectivity index (χ3n) is 2.45. The van der Waals surface area contributed by atoms with Gasteiger partial charge in [0.05, 0.1) is 25.8 Å². The van der Waals surface area contributed by atoms with Gasteiger partial charge in [-0.15, -0.1) is 0 Å². The predicted molar refractivity (Wildman–Crippen MR) is 62.1 cm³/mol. The summed E-state index contributed by atoms with van der Waals surface area (Å²) in [6.07, 6.45) is 0.605. The third-order valence-corrected chi connectivity index (χ3v) is 2.45. The molecule has 1 aromatic rings. The molecular formula is C12H17NO3. The molecule has 0 saturated heterocycles. The van der Waals surface area contributed by atoms with Crippen LogP contribution in [0.2, 0.25) is 0 Å². The molecule has 0 spiro atoms. The van der Waals surface area contributed by atoms with Gasteiger partial charge in [-0.2, -0.15) is 0 Å². The quantitative estimate of drug-likeness (QED) is 0.770. The van der Waals surface area contributed by atoms with Gasteiger partial charge in [0, 0.05) is 6.07 Å². The molecule has 1 unspecified atom stereocenters. The van der Waals surface area contributed by atoms with Crippen molar-refractivity contribution in [3.63, 3.8) is 0 Å². The van der Waals surface area contributed by atoms with E-state index in [0.717, 1.165) is 0 Å². The van der Waals surface area contributed by atoms with Crippen molar-refractivity contribution >= 4 is 5.78 Å². The zero-order valence-corrected chi connectivity index (χ0v) is 9.82. The zero-order valence-electron chi connectivity index (χ0n) is 9.82. The Hall–Kier alpha value is -1.55. The predicted octanol–water partition coefficient (Wildman–Crippen LogP) is 1.62. The molecule has 0 bridgehead atoms. The van der Waals surface area contributed by atoms with Crippen LogP contribution in [-0.4, -0.2) is 26.0 Å². The van der Waals surface area contributed by atoms with Gasteiger partial charge in [0.15, 0.2) is 5.78 Å². The Kier molecular flexibility index (Phi) is 4.31. The summed E-state index contributed by atoms with van der Waals surface area (Å²) in [4.78, 5) is 11.9. The van der Waals surface area contributed by atoms with Crippen LogP contribution in [0, 0.1) is 0 Å². The summed E-state index contributed by atoms with van der Waals surface area (Å²) in [5, 5.41) is 0. The van der Waals surface area contributed by atoms with E-state index in [1.807, 2.05) is 6.92 Å². The molecule has 0 aliphatic heterocycles. The molecule has 1 aromatic carbocycles. The standard InChI is InChI=1S/C12H17NO3/c1-4-10(13)12(14)9-6-5-8(15-2)7-11(9)16-3/h5-7,10H,4,13H2,1-3H3. The van der Waals surface area contributed by atoms with Crippen molar-refractivity contribution < 1.29 is 14.3 Å². The molecule has 88 valence electrons. The van der Waals surface area contributed by atoms with Crippen molar-refractivity contribution in [2.24, 2.45) is 5.73 Å². The maximum Gasteiger partial charge on any atom is 0.183 e. The number of ether oxygens (including phenoxy) is 2. The Balaban J connectivity index is 3.08. The molecule has 4 heteroatoms. The second-order valence-corrected chi connectivity index (χ2v) is 3.45. The first kappa shape index (κ1) is 12.5. The van der Waals surface area contributed by atoms with E-state index >= 15 is 0 Å². The van der Waals surface area contributed by atoms with Gasteiger partial charge < -0.3 is 15.2 Å². The summed E-state index contributed by atoms with van der Waals surface area (Å²) in [5.74, 6) is 1.04. The normalized spacial score (nSPS) is 12.0. The number of benzene rings is 1. The number of rotatable bonds is 5. The fourth-order valence-corrected chi connectivity index (χ4v) is 1.39. The SMILES string of the molecule is CCC(N)C(=O)c1ccc(OC)cc1OC. The highest BCUT2D eigenvalue weighted by Gasteiger charge is 2.18. The molecule has 0 heterocycles. The largest absolute Gasteiger partial charge is 0.497 e. The molecule has 0 radical (unpaired) electrons. The minimum Gasteiger partial charge on any atom is -0.497 e. The maximum absolute atomic E-state index is 11.9. The lowest BCUT2D eigenvalue weighted by Crippen LogP contribution is -2.29. The Bertz CT molecular complexity index is 377. The molecule has 0 amide bonds. The first-order valence-electron chi connectivity index (χ1n) is 5.15. The summed E-state index contributed by atoms with van der Waals surface area (Å²) in [5.41, 5.74) is 6.20. The maximum atomic E-state index is 11.9. The van der Waals surface area contributed by atoms with Crippen LogP contribution in [0.5, 0.6) is 11.5 Å². The molecule has 16 heavy (non-hydrogen) atoms. The molecular weight excluding hydrogens is 206 g/mol. The Labute approximate surface area is 95.3 Å². The number of hydrogen-bond donors (Lipinski definition) is 1. The lowest BCUT2D eigenvalue weighted by molar-refractivity contribution is 0.0956. The Morgan fingerprint density at radius 3 is 2.56 bits per heavy atom. The Morgan fingerprint density at radius 1 is 1.38 bits per heavy atom. The van der Waals surface area contributed by atoms with Crippen LogP contribution in [0.3, 0.4) is 0 Å². The van der Waals surface area contributed by atoms with E-state index in [0.29, 0.717) is 23.5 Å². The van der Waals surface area contributed by atoms with E-state index < -0.39 is 6.04 Å². The molecule has 0 saturated carbocycles. The summed E-state index contributed by atoms with van der Waals surface area (Å²) in [6.45, 7) is 1.87. The van der Waals surface area contributed by atoms with Crippen LogP contribution < -0.4 is 15.2 Å². The van der Waals surface area contributed by atoms with Gasteiger partial charge >= 0.3 is 0 Å². The fraction of sp³-hybridized carbons (Fsp3) is 0.417. The first-order valence-corrected chi connectivity index (χ1v) is 5.15. The van der Waals surface area contributed by atoms with Crippen LogP contribution in [0.15, 0.2) is 18.2 Å². The van der Waals surface area contributed by atoms with Crippen molar-refractivity contribution in [1.29, 1.82) is 0 Å². The van der Waals surface area contributed by atoms with Gasteiger partial charge in [-0.3, -0.25) is 4.79 Å². The second-order valence-electron chi connectivity index (χ2n) is 3.45. The molecule has 1 atom stereocenters. The lowest BCUT2D eigenvalue weighted by Gasteiger charge is -2.12. The van der Waals surface area contributed by atoms with E-state index in [9.17, 15) is 4.79 Å². The smallest absolute Gasteiger partial charge is 0.183 e. The van der Waals surface area contributed by atoms with Gasteiger partial charge in [-0.25, -0.2) is 0 Å². The van der Waals surface area contributed by atoms with Crippen LogP contribution in [0.4, 0.5) is 0 Å². The van der Waals surface area contributed by atoms with Gasteiger partial charge in [-0.1, -0.05) is 6.92 Å². The average Bonchev–Trinajstić information content (AvgIpc) is 2.35. The number of Topliss-reactive ketones (excluding diaryl/α,β-unsaturated/α-hetero) is 1. The lowest BCUT2D eigenvalue weighted by atomic mass is 10.0. The third kappa shape index (κ3) is 2.52. The van der Waals surface area contributed by atoms with Crippen LogP contribution >= 0.6 is 0 Å². The van der Waals surface area contributed by atoms with Crippen molar-refractivity contribution in [3.8, 4) is 11.5 Å². The fourth-order valence-electron chi connectivity index (χ4n) is 1.39. The van der Waals surface area contributed by atoms with Crippen molar-refractivity contribution in [3.05, 3.63) is 23.8 Å². The molecule has 1 rings (SSSR count). The first-order chi connectivity index (χ1) is 7.63. The van der Waals surface area contributed by atoms with Gasteiger partial charge in [0.1, 0.15) is 11.5 Å². The summed E-state index contributed by atoms with van der Waals surface area (Å²) >= 11 is 0. The van der Waals surface area contributed by atoms with E-state index in [1.165, 1.54) is 7.11 Å². The highest BCUT2D eigenvalue weighted by atomic mass is 16.5. The number of hydrogen-bond acceptors (Lipinski definition) is 4. The average molecular weight is 223 g/mol. The van der Waals surface area contributed by atoms with E-state index in [2.05, 4.69) is 0 Å². The van der Waals surface area contributed by atoms with E-state index in [1.54, 1.807) is 25.3 Å². The summed E-state index contributed by atoms with van der Waals surface area (Å²) < 4.78 is 10.2. The molecule has 4 nitrogen and oxygen atoms in total. The van der Waals surface area contributed by atoms with E-state index in [-0.39, 0.29) is 5.78 Å². The number of nitrogens with two attached hydrogens (primary N) is 1. The van der Waals surface area contributed by atoms with Crippen LogP contribution in [0.1, 0.15) is 23.7 Å². The minimum absolute atomic E-state index is 0.109. The van der Waals surface area contributed by atoms with Crippen molar-refractivity contribution in [1.82, 2.24) is 0 Å². The van der Waals surface area contributed by atoms with Gasteiger partial charge in [0.25, 0.3) is 0 Å². The topological polar surface area (TPSA) is 61.6 Å². The monoisotopic (exact) mass is 223 g/mol. The number of methoxy groups -OCH3 is 2.